The number of carbonyl (C=O) groups is 4. The molecule has 7 rings (SSSR count). The summed E-state index contributed by atoms with van der Waals surface area (Å²) in [6.45, 7) is 10.2. The number of carbonyl (C=O) groups excluding carboxylic acids is 2. The van der Waals surface area contributed by atoms with Gasteiger partial charge in [-0.25, -0.2) is 19.6 Å². The molecular weight excluding hydrogens is 872 g/mol. The van der Waals surface area contributed by atoms with Gasteiger partial charge in [-0.3, -0.25) is 14.5 Å². The topological polar surface area (TPSA) is 153 Å². The van der Waals surface area contributed by atoms with Gasteiger partial charge < -0.3 is 24.7 Å². The van der Waals surface area contributed by atoms with Crippen molar-refractivity contribution in [3.63, 3.8) is 0 Å². The summed E-state index contributed by atoms with van der Waals surface area (Å²) in [6.07, 6.45) is 6.44. The molecule has 0 aliphatic carbocycles. The van der Waals surface area contributed by atoms with Crippen LogP contribution >= 0.6 is 11.8 Å². The van der Waals surface area contributed by atoms with Crippen molar-refractivity contribution >= 4 is 68.9 Å². The number of piperazine rings is 1. The van der Waals surface area contributed by atoms with Crippen LogP contribution in [0.25, 0.3) is 22.1 Å². The lowest BCUT2D eigenvalue weighted by Gasteiger charge is -2.36. The average Bonchev–Trinajstić information content (AvgIpc) is 3.30. The van der Waals surface area contributed by atoms with E-state index in [0.717, 1.165) is 90.6 Å². The summed E-state index contributed by atoms with van der Waals surface area (Å²) >= 11 is 1.53. The van der Waals surface area contributed by atoms with Crippen molar-refractivity contribution in [1.29, 1.82) is 0 Å². The molecule has 0 saturated carbocycles. The van der Waals surface area contributed by atoms with Crippen LogP contribution in [0, 0.1) is 0 Å². The minimum atomic E-state index is -4.37. The van der Waals surface area contributed by atoms with Crippen LogP contribution in [0.3, 0.4) is 0 Å². The van der Waals surface area contributed by atoms with Crippen LogP contribution in [-0.2, 0) is 25.3 Å². The number of carboxylic acids is 2. The van der Waals surface area contributed by atoms with E-state index in [1.165, 1.54) is 56.0 Å². The molecule has 12 nitrogen and oxygen atoms in total. The highest BCUT2D eigenvalue weighted by Crippen LogP contribution is 2.49. The van der Waals surface area contributed by atoms with Gasteiger partial charge in [0.05, 0.1) is 33.5 Å². The van der Waals surface area contributed by atoms with Crippen LogP contribution in [0.15, 0.2) is 107 Å². The van der Waals surface area contributed by atoms with Gasteiger partial charge in [0.1, 0.15) is 12.1 Å². The van der Waals surface area contributed by atoms with E-state index < -0.39 is 23.7 Å². The summed E-state index contributed by atoms with van der Waals surface area (Å²) in [5.74, 6) is -2.58. The van der Waals surface area contributed by atoms with E-state index in [1.807, 2.05) is 65.6 Å². The average molecular weight is 930 g/mol. The Bertz CT molecular complexity index is 2430. The first-order valence-corrected chi connectivity index (χ1v) is 23.2. The van der Waals surface area contributed by atoms with Gasteiger partial charge in [0.2, 0.25) is 0 Å². The summed E-state index contributed by atoms with van der Waals surface area (Å²) in [5.41, 5.74) is 4.72. The third-order valence-corrected chi connectivity index (χ3v) is 12.2. The van der Waals surface area contributed by atoms with Crippen LogP contribution in [0.5, 0.6) is 0 Å². The highest BCUT2D eigenvalue weighted by Gasteiger charge is 2.33. The van der Waals surface area contributed by atoms with Crippen LogP contribution in [0.1, 0.15) is 87.6 Å². The number of hydrogen-bond donors (Lipinski definition) is 2. The smallest absolute Gasteiger partial charge is 0.416 e. The van der Waals surface area contributed by atoms with Gasteiger partial charge >= 0.3 is 24.1 Å². The predicted octanol–water partition coefficient (Wildman–Crippen LogP) is 10.7. The minimum Gasteiger partial charge on any atom is -0.478 e. The number of anilines is 2. The van der Waals surface area contributed by atoms with Crippen LogP contribution in [-0.4, -0.2) is 106 Å². The third kappa shape index (κ3) is 15.9. The molecule has 5 aromatic rings. The number of esters is 1. The van der Waals surface area contributed by atoms with Gasteiger partial charge in [0.25, 0.3) is 0 Å². The van der Waals surface area contributed by atoms with Gasteiger partial charge in [-0.05, 0) is 80.9 Å². The fourth-order valence-corrected chi connectivity index (χ4v) is 8.67. The standard InChI is InChI=1S/C32H44F3N3O2S.C14H10N2O.C4H4O4/c1-2-3-4-5-6-7-8-14-31(39)40-24-23-37-21-19-36(20-22-37)17-11-18-38-27-12-9-10-13-29(27)41-30-16-15-26(25-28(30)38)32(33,34)35;1-9(17)10-5-4-8-13-14(10)16-12-7-3-2-6-11(12)15-13;5-3(6)1-2-4(7)8/h9-10,12-13,15-16,25H,2-8,11,14,17-24H2,1H3;2-8H,1H3;1-2H,(H,5,6)(H,7,8)/b;;2-1-. The molecule has 0 atom stereocenters. The SMILES string of the molecule is CC(=O)c1cccc2nc3ccccc3nc12.CCCCCCCCCC(=O)OCCN1CCN(CCCN2c3ccccc3Sc3ccc(C(F)(F)F)cc32)CC1.O=C(O)/C=C\C(=O)O. The second-order valence-electron chi connectivity index (χ2n) is 16.0. The Balaban J connectivity index is 0.000000265. The Hall–Kier alpha value is -5.84. The second kappa shape index (κ2) is 25.7. The lowest BCUT2D eigenvalue weighted by atomic mass is 10.1. The number of ether oxygens (including phenoxy) is 1. The van der Waals surface area contributed by atoms with E-state index >= 15 is 0 Å². The molecule has 1 fully saturated rings. The van der Waals surface area contributed by atoms with E-state index in [-0.39, 0.29) is 11.8 Å². The molecule has 16 heteroatoms. The first-order chi connectivity index (χ1) is 31.7. The molecule has 4 aromatic carbocycles. The summed E-state index contributed by atoms with van der Waals surface area (Å²) in [6, 6.07) is 25.2. The Morgan fingerprint density at radius 1 is 0.682 bits per heavy atom. The molecule has 1 saturated heterocycles. The van der Waals surface area contributed by atoms with E-state index in [0.29, 0.717) is 48.5 Å². The van der Waals surface area contributed by atoms with E-state index in [2.05, 4.69) is 26.7 Å². The zero-order valence-electron chi connectivity index (χ0n) is 37.5. The Kier molecular flexibility index (Phi) is 20.0. The predicted molar refractivity (Wildman–Crippen MR) is 252 cm³/mol. The monoisotopic (exact) mass is 929 g/mol. The zero-order valence-corrected chi connectivity index (χ0v) is 38.3. The van der Waals surface area contributed by atoms with E-state index in [9.17, 15) is 32.3 Å². The largest absolute Gasteiger partial charge is 0.478 e. The number of aromatic nitrogens is 2. The fourth-order valence-electron chi connectivity index (χ4n) is 7.59. The molecule has 3 heterocycles. The zero-order chi connectivity index (χ0) is 47.5. The molecular formula is C50H58F3N5O7S. The highest BCUT2D eigenvalue weighted by atomic mass is 32.2. The van der Waals surface area contributed by atoms with E-state index in [4.69, 9.17) is 14.9 Å². The molecule has 2 aliphatic heterocycles. The van der Waals surface area contributed by atoms with Crippen molar-refractivity contribution in [3.8, 4) is 0 Å². The molecule has 0 spiro atoms. The molecule has 66 heavy (non-hydrogen) atoms. The fraction of sp³-hybridized carbons (Fsp3) is 0.400. The summed E-state index contributed by atoms with van der Waals surface area (Å²) < 4.78 is 45.9. The molecule has 0 bridgehead atoms. The molecule has 0 unspecified atom stereocenters. The summed E-state index contributed by atoms with van der Waals surface area (Å²) in [7, 11) is 0. The number of hydrogen-bond acceptors (Lipinski definition) is 11. The minimum absolute atomic E-state index is 0.0141. The maximum absolute atomic E-state index is 13.5. The van der Waals surface area contributed by atoms with E-state index in [1.54, 1.807) is 19.1 Å². The Labute approximate surface area is 387 Å². The number of alkyl halides is 3. The van der Waals surface area contributed by atoms with Gasteiger partial charge in [-0.15, -0.1) is 0 Å². The third-order valence-electron chi connectivity index (χ3n) is 11.0. The van der Waals surface area contributed by atoms with Crippen molar-refractivity contribution in [2.75, 3.05) is 57.3 Å². The number of rotatable bonds is 18. The van der Waals surface area contributed by atoms with Crippen LogP contribution in [0.2, 0.25) is 0 Å². The van der Waals surface area contributed by atoms with Gasteiger partial charge in [-0.1, -0.05) is 87.5 Å². The Morgan fingerprint density at radius 3 is 1.92 bits per heavy atom. The van der Waals surface area contributed by atoms with Crippen molar-refractivity contribution in [1.82, 2.24) is 19.8 Å². The van der Waals surface area contributed by atoms with Gasteiger partial charge in [0.15, 0.2) is 5.78 Å². The van der Waals surface area contributed by atoms with Crippen molar-refractivity contribution in [3.05, 3.63) is 108 Å². The number of nitrogens with zero attached hydrogens (tertiary/aromatic N) is 5. The molecule has 0 radical (unpaired) electrons. The number of Topliss-reactive ketones (excluding diaryl/α,β-unsaturated/α-hetero) is 1. The lowest BCUT2D eigenvalue weighted by Crippen LogP contribution is -2.47. The maximum atomic E-state index is 13.5. The number of ketones is 1. The number of carboxylic acid groups (broad SMARTS) is 2. The normalized spacial score (nSPS) is 13.9. The van der Waals surface area contributed by atoms with Crippen molar-refractivity contribution in [2.24, 2.45) is 0 Å². The number of para-hydroxylation sites is 4. The van der Waals surface area contributed by atoms with Crippen LogP contribution < -0.4 is 4.90 Å². The number of unbranched alkanes of at least 4 members (excludes halogenated alkanes) is 6. The number of benzene rings is 4. The molecule has 2 N–H and O–H groups in total. The summed E-state index contributed by atoms with van der Waals surface area (Å²) in [5, 5.41) is 15.6. The molecule has 1 aromatic heterocycles. The number of halogens is 3. The van der Waals surface area contributed by atoms with Gasteiger partial charge in [0, 0.05) is 73.2 Å². The van der Waals surface area contributed by atoms with Crippen LogP contribution in [0.4, 0.5) is 24.5 Å². The first kappa shape index (κ1) is 51.1. The second-order valence-corrected chi connectivity index (χ2v) is 17.1. The maximum Gasteiger partial charge on any atom is 0.416 e. The molecule has 2 aliphatic rings. The lowest BCUT2D eigenvalue weighted by molar-refractivity contribution is -0.144. The number of aliphatic carboxylic acids is 2. The summed E-state index contributed by atoms with van der Waals surface area (Å²) in [4.78, 5) is 60.4. The number of fused-ring (bicyclic) bond motifs is 4. The van der Waals surface area contributed by atoms with Gasteiger partial charge in [-0.2, -0.15) is 13.2 Å². The molecule has 352 valence electrons. The van der Waals surface area contributed by atoms with Crippen molar-refractivity contribution < 1.29 is 47.3 Å². The van der Waals surface area contributed by atoms with Crippen molar-refractivity contribution in [2.45, 2.75) is 87.6 Å². The first-order valence-electron chi connectivity index (χ1n) is 22.4. The quantitative estimate of drug-likeness (QED) is 0.0282. The highest BCUT2D eigenvalue weighted by molar-refractivity contribution is 7.99. The Morgan fingerprint density at radius 2 is 1.27 bits per heavy atom. The molecule has 0 amide bonds.